The molecule has 44 heavy (non-hydrogen) atoms. The third-order valence-electron chi connectivity index (χ3n) is 8.08. The highest BCUT2D eigenvalue weighted by molar-refractivity contribution is 5.96. The second-order valence-corrected chi connectivity index (χ2v) is 11.4. The number of anilines is 1. The van der Waals surface area contributed by atoms with Crippen LogP contribution in [0.5, 0.6) is 0 Å². The summed E-state index contributed by atoms with van der Waals surface area (Å²) in [6.45, 7) is -0.637. The second-order valence-electron chi connectivity index (χ2n) is 11.4. The summed E-state index contributed by atoms with van der Waals surface area (Å²) >= 11 is 0. The molecule has 1 aromatic carbocycles. The van der Waals surface area contributed by atoms with E-state index in [1.807, 2.05) is 11.9 Å². The molecular formula is C28H30F6N8O2. The molecule has 3 aromatic heterocycles. The van der Waals surface area contributed by atoms with Gasteiger partial charge in [-0.2, -0.15) is 23.3 Å². The van der Waals surface area contributed by atoms with Gasteiger partial charge in [0.25, 0.3) is 5.91 Å². The van der Waals surface area contributed by atoms with Crippen LogP contribution in [0.1, 0.15) is 48.0 Å². The van der Waals surface area contributed by atoms with E-state index < -0.39 is 42.8 Å². The number of aromatic nitrogens is 5. The zero-order valence-electron chi connectivity index (χ0n) is 23.6. The van der Waals surface area contributed by atoms with Crippen LogP contribution < -0.4 is 10.6 Å². The summed E-state index contributed by atoms with van der Waals surface area (Å²) < 4.78 is 90.5. The zero-order valence-corrected chi connectivity index (χ0v) is 23.6. The number of nitrogens with zero attached hydrogens (tertiary/aromatic N) is 6. The smallest absolute Gasteiger partial charge is 0.379 e. The Bertz CT molecular complexity index is 1650. The van der Waals surface area contributed by atoms with Crippen molar-refractivity contribution in [3.8, 4) is 11.5 Å². The van der Waals surface area contributed by atoms with Crippen molar-refractivity contribution in [3.05, 3.63) is 48.1 Å². The summed E-state index contributed by atoms with van der Waals surface area (Å²) in [5.74, 6) is -3.52. The van der Waals surface area contributed by atoms with Crippen molar-refractivity contribution in [3.63, 3.8) is 0 Å². The maximum absolute atomic E-state index is 14.7. The summed E-state index contributed by atoms with van der Waals surface area (Å²) in [6, 6.07) is 5.31. The molecule has 0 bridgehead atoms. The molecule has 2 aliphatic rings. The number of likely N-dealkylation sites (tertiary alicyclic amines) is 1. The minimum Gasteiger partial charge on any atom is -0.379 e. The quantitative estimate of drug-likeness (QED) is 0.260. The molecular weight excluding hydrogens is 594 g/mol. The Kier molecular flexibility index (Phi) is 7.80. The minimum atomic E-state index is -4.57. The van der Waals surface area contributed by atoms with Gasteiger partial charge in [-0.05, 0) is 38.1 Å². The van der Waals surface area contributed by atoms with Crippen LogP contribution in [-0.2, 0) is 13.1 Å². The Labute approximate surface area is 247 Å². The average Bonchev–Trinajstić information content (AvgIpc) is 3.74. The van der Waals surface area contributed by atoms with E-state index in [0.29, 0.717) is 24.0 Å². The largest absolute Gasteiger partial charge is 0.406 e. The van der Waals surface area contributed by atoms with Gasteiger partial charge in [0.15, 0.2) is 0 Å². The summed E-state index contributed by atoms with van der Waals surface area (Å²) in [7, 11) is 1.83. The van der Waals surface area contributed by atoms with E-state index in [1.165, 1.54) is 29.2 Å². The van der Waals surface area contributed by atoms with Crippen molar-refractivity contribution in [2.24, 2.45) is 0 Å². The van der Waals surface area contributed by atoms with Crippen molar-refractivity contribution in [2.45, 2.75) is 69.1 Å². The molecule has 1 aliphatic heterocycles. The van der Waals surface area contributed by atoms with Crippen LogP contribution in [0.25, 0.3) is 22.4 Å². The van der Waals surface area contributed by atoms with Crippen LogP contribution in [0.15, 0.2) is 41.2 Å². The number of fused-ring (bicyclic) bond motifs is 1. The highest BCUT2D eigenvalue weighted by Gasteiger charge is 2.40. The Balaban J connectivity index is 1.20. The Hall–Kier alpha value is -4.08. The predicted molar refractivity (Wildman–Crippen MR) is 147 cm³/mol. The van der Waals surface area contributed by atoms with Gasteiger partial charge < -0.3 is 24.6 Å². The van der Waals surface area contributed by atoms with Crippen LogP contribution in [0.2, 0.25) is 0 Å². The summed E-state index contributed by atoms with van der Waals surface area (Å²) in [4.78, 5) is 18.7. The van der Waals surface area contributed by atoms with Crippen LogP contribution in [0.3, 0.4) is 0 Å². The molecule has 3 atom stereocenters. The lowest BCUT2D eigenvalue weighted by Crippen LogP contribution is -2.46. The van der Waals surface area contributed by atoms with E-state index in [-0.39, 0.29) is 60.8 Å². The first-order valence-electron chi connectivity index (χ1n) is 14.2. The molecule has 1 unspecified atom stereocenters. The first-order chi connectivity index (χ1) is 20.8. The number of amides is 1. The first-order valence-corrected chi connectivity index (χ1v) is 14.2. The van der Waals surface area contributed by atoms with Gasteiger partial charge in [-0.15, -0.1) is 0 Å². The van der Waals surface area contributed by atoms with Gasteiger partial charge >= 0.3 is 6.18 Å². The molecule has 1 saturated heterocycles. The van der Waals surface area contributed by atoms with Crippen LogP contribution >= 0.6 is 0 Å². The van der Waals surface area contributed by atoms with E-state index >= 15 is 0 Å². The van der Waals surface area contributed by atoms with Crippen LogP contribution in [-0.4, -0.2) is 79.7 Å². The number of benzene rings is 1. The molecule has 1 amide bonds. The molecule has 0 radical (unpaired) electrons. The Morgan fingerprint density at radius 1 is 1.23 bits per heavy atom. The standard InChI is InChI=1S/C28H30F6N8O2/c1-40-8-6-21(19(29)14-40)37-20-3-2-4-22-18(20)9-23(41(22)15-28(32,33)34)25-38-24(44-39-25)12-35-26(43)16-11-36-42(13-16)17-5-7-27(30,31)10-17/h2-4,9,11,13,17,19,21,37H,5-8,10,12,14-15H2,1H3,(H,35,43)/t17?,19-,21+/m0/s1. The topological polar surface area (TPSA) is 106 Å². The van der Waals surface area contributed by atoms with E-state index in [1.54, 1.807) is 12.1 Å². The molecule has 1 aliphatic carbocycles. The number of hydrogen-bond acceptors (Lipinski definition) is 7. The molecule has 236 valence electrons. The number of carbonyl (C=O) groups is 1. The minimum absolute atomic E-state index is 0.0303. The monoisotopic (exact) mass is 624 g/mol. The number of rotatable bonds is 8. The van der Waals surface area contributed by atoms with Crippen molar-refractivity contribution >= 4 is 22.5 Å². The number of nitrogens with one attached hydrogen (secondary N) is 2. The van der Waals surface area contributed by atoms with Crippen LogP contribution in [0, 0.1) is 0 Å². The second kappa shape index (κ2) is 11.4. The molecule has 4 heterocycles. The van der Waals surface area contributed by atoms with E-state index in [2.05, 4.69) is 25.9 Å². The number of halogens is 6. The summed E-state index contributed by atoms with van der Waals surface area (Å²) in [6.07, 6.45) is -2.88. The molecule has 10 nitrogen and oxygen atoms in total. The van der Waals surface area contributed by atoms with Crippen LogP contribution in [0.4, 0.5) is 32.0 Å². The van der Waals surface area contributed by atoms with Gasteiger partial charge in [0, 0.05) is 43.2 Å². The lowest BCUT2D eigenvalue weighted by molar-refractivity contribution is -0.139. The SMILES string of the molecule is CN1CC[C@@H](Nc2cccc3c2cc(-c2noc(CNC(=O)c4cnn(C5CCC(F)(F)C5)c4)n2)n3CC(F)(F)F)[C@@H](F)C1. The normalized spacial score (nSPS) is 22.5. The van der Waals surface area contributed by atoms with Gasteiger partial charge in [-0.25, -0.2) is 13.2 Å². The number of hydrogen-bond donors (Lipinski definition) is 2. The average molecular weight is 625 g/mol. The molecule has 2 N–H and O–H groups in total. The number of piperidine rings is 1. The number of carbonyl (C=O) groups excluding carboxylic acids is 1. The first kappa shape index (κ1) is 30.0. The summed E-state index contributed by atoms with van der Waals surface area (Å²) in [5.41, 5.74) is 0.912. The Morgan fingerprint density at radius 3 is 2.77 bits per heavy atom. The lowest BCUT2D eigenvalue weighted by Gasteiger charge is -2.33. The highest BCUT2D eigenvalue weighted by atomic mass is 19.4. The maximum atomic E-state index is 14.7. The fourth-order valence-corrected chi connectivity index (χ4v) is 5.86. The lowest BCUT2D eigenvalue weighted by atomic mass is 10.0. The van der Waals surface area contributed by atoms with Gasteiger partial charge in [-0.3, -0.25) is 9.48 Å². The highest BCUT2D eigenvalue weighted by Crippen LogP contribution is 2.41. The Morgan fingerprint density at radius 2 is 2.05 bits per heavy atom. The third kappa shape index (κ3) is 6.39. The molecule has 4 aromatic rings. The predicted octanol–water partition coefficient (Wildman–Crippen LogP) is 5.19. The van der Waals surface area contributed by atoms with Gasteiger partial charge in [0.2, 0.25) is 17.6 Å². The molecule has 16 heteroatoms. The fourth-order valence-electron chi connectivity index (χ4n) is 5.86. The molecule has 2 fully saturated rings. The zero-order chi connectivity index (χ0) is 31.2. The van der Waals surface area contributed by atoms with E-state index in [9.17, 15) is 31.1 Å². The third-order valence-corrected chi connectivity index (χ3v) is 8.08. The van der Waals surface area contributed by atoms with Crippen molar-refractivity contribution in [2.75, 3.05) is 25.5 Å². The number of alkyl halides is 6. The van der Waals surface area contributed by atoms with E-state index in [4.69, 9.17) is 4.52 Å². The van der Waals surface area contributed by atoms with Crippen molar-refractivity contribution in [1.29, 1.82) is 0 Å². The molecule has 6 rings (SSSR count). The van der Waals surface area contributed by atoms with Crippen molar-refractivity contribution < 1.29 is 35.7 Å². The van der Waals surface area contributed by atoms with Gasteiger partial charge in [-0.1, -0.05) is 11.2 Å². The van der Waals surface area contributed by atoms with Crippen molar-refractivity contribution in [1.82, 2.24) is 34.7 Å². The van der Waals surface area contributed by atoms with E-state index in [0.717, 1.165) is 4.57 Å². The molecule has 0 spiro atoms. The fraction of sp³-hybridized carbons (Fsp3) is 0.500. The van der Waals surface area contributed by atoms with Gasteiger partial charge in [0.05, 0.1) is 41.6 Å². The maximum Gasteiger partial charge on any atom is 0.406 e. The van der Waals surface area contributed by atoms with Gasteiger partial charge in [0.1, 0.15) is 12.7 Å². The summed E-state index contributed by atoms with van der Waals surface area (Å²) in [5, 5.41) is 14.1. The molecule has 1 saturated carbocycles.